The number of halogens is 1. The van der Waals surface area contributed by atoms with Crippen molar-refractivity contribution in [3.05, 3.63) is 35.6 Å². The van der Waals surface area contributed by atoms with Crippen LogP contribution in [0.1, 0.15) is 45.8 Å². The smallest absolute Gasteiger partial charge is 0.241 e. The van der Waals surface area contributed by atoms with Crippen molar-refractivity contribution >= 4 is 5.91 Å². The van der Waals surface area contributed by atoms with E-state index in [1.54, 1.807) is 12.1 Å². The van der Waals surface area contributed by atoms with Crippen molar-refractivity contribution in [3.63, 3.8) is 0 Å². The normalized spacial score (nSPS) is 24.5. The van der Waals surface area contributed by atoms with Crippen LogP contribution in [0.5, 0.6) is 0 Å². The predicted octanol–water partition coefficient (Wildman–Crippen LogP) is 3.08. The van der Waals surface area contributed by atoms with Gasteiger partial charge >= 0.3 is 0 Å². The molecule has 2 rings (SSSR count). The number of benzene rings is 1. The van der Waals surface area contributed by atoms with Crippen LogP contribution < -0.4 is 5.32 Å². The second-order valence-corrected chi connectivity index (χ2v) is 6.07. The van der Waals surface area contributed by atoms with Crippen LogP contribution in [0.2, 0.25) is 0 Å². The van der Waals surface area contributed by atoms with E-state index in [4.69, 9.17) is 0 Å². The van der Waals surface area contributed by atoms with Crippen molar-refractivity contribution in [2.75, 3.05) is 0 Å². The molecule has 0 aromatic heterocycles. The number of rotatable bonds is 4. The van der Waals surface area contributed by atoms with Crippen LogP contribution in [0, 0.1) is 11.7 Å². The van der Waals surface area contributed by atoms with Gasteiger partial charge in [0.25, 0.3) is 0 Å². The van der Waals surface area contributed by atoms with Crippen molar-refractivity contribution in [2.45, 2.75) is 52.4 Å². The number of nitrogens with one attached hydrogen (secondary N) is 1. The van der Waals surface area contributed by atoms with Crippen molar-refractivity contribution < 1.29 is 9.18 Å². The van der Waals surface area contributed by atoms with Crippen molar-refractivity contribution in [2.24, 2.45) is 5.92 Å². The molecule has 3 atom stereocenters. The SMILES string of the molecule is CC(C)CC(C)N1C(=O)C(C)NC1c1ccc(F)cc1. The molecule has 1 fully saturated rings. The van der Waals surface area contributed by atoms with Crippen LogP contribution >= 0.6 is 0 Å². The molecule has 1 aromatic carbocycles. The average Bonchev–Trinajstić information content (AvgIpc) is 2.66. The summed E-state index contributed by atoms with van der Waals surface area (Å²) in [7, 11) is 0. The van der Waals surface area contributed by atoms with Crippen LogP contribution in [0.4, 0.5) is 4.39 Å². The Kier molecular flexibility index (Phi) is 4.43. The van der Waals surface area contributed by atoms with E-state index in [0.717, 1.165) is 12.0 Å². The Morgan fingerprint density at radius 2 is 1.85 bits per heavy atom. The van der Waals surface area contributed by atoms with Crippen LogP contribution in [-0.2, 0) is 4.79 Å². The second kappa shape index (κ2) is 5.92. The Balaban J connectivity index is 2.25. The first-order valence-corrected chi connectivity index (χ1v) is 7.24. The minimum Gasteiger partial charge on any atom is -0.319 e. The van der Waals surface area contributed by atoms with Crippen LogP contribution in [0.15, 0.2) is 24.3 Å². The average molecular weight is 278 g/mol. The molecule has 1 heterocycles. The molecule has 0 spiro atoms. The van der Waals surface area contributed by atoms with E-state index in [1.807, 2.05) is 11.8 Å². The van der Waals surface area contributed by atoms with Crippen molar-refractivity contribution in [1.82, 2.24) is 10.2 Å². The standard InChI is InChI=1S/C16H23FN2O/c1-10(2)9-11(3)19-15(18-12(4)16(19)20)13-5-7-14(17)8-6-13/h5-8,10-12,15,18H,9H2,1-4H3. The highest BCUT2D eigenvalue weighted by atomic mass is 19.1. The summed E-state index contributed by atoms with van der Waals surface area (Å²) in [6, 6.07) is 6.33. The number of carbonyl (C=O) groups excluding carboxylic acids is 1. The van der Waals surface area contributed by atoms with Crippen molar-refractivity contribution in [3.8, 4) is 0 Å². The van der Waals surface area contributed by atoms with Gasteiger partial charge in [0.05, 0.1) is 6.04 Å². The summed E-state index contributed by atoms with van der Waals surface area (Å²) < 4.78 is 13.1. The maximum Gasteiger partial charge on any atom is 0.241 e. The fourth-order valence-corrected chi connectivity index (χ4v) is 2.91. The lowest BCUT2D eigenvalue weighted by Gasteiger charge is -2.31. The van der Waals surface area contributed by atoms with Crippen LogP contribution in [-0.4, -0.2) is 22.9 Å². The summed E-state index contributed by atoms with van der Waals surface area (Å²) in [6.45, 7) is 8.26. The van der Waals surface area contributed by atoms with E-state index < -0.39 is 0 Å². The lowest BCUT2D eigenvalue weighted by atomic mass is 10.0. The largest absolute Gasteiger partial charge is 0.319 e. The van der Waals surface area contributed by atoms with E-state index in [2.05, 4.69) is 26.1 Å². The van der Waals surface area contributed by atoms with Gasteiger partial charge < -0.3 is 4.90 Å². The van der Waals surface area contributed by atoms with E-state index >= 15 is 0 Å². The molecule has 0 aliphatic carbocycles. The van der Waals surface area contributed by atoms with Crippen LogP contribution in [0.3, 0.4) is 0 Å². The predicted molar refractivity (Wildman–Crippen MR) is 77.5 cm³/mol. The maximum absolute atomic E-state index is 13.1. The molecule has 0 saturated carbocycles. The van der Waals surface area contributed by atoms with Gasteiger partial charge in [-0.05, 0) is 43.9 Å². The van der Waals surface area contributed by atoms with Gasteiger partial charge in [-0.1, -0.05) is 26.0 Å². The van der Waals surface area contributed by atoms with E-state index in [9.17, 15) is 9.18 Å². The fraction of sp³-hybridized carbons (Fsp3) is 0.562. The van der Waals surface area contributed by atoms with E-state index in [1.165, 1.54) is 12.1 Å². The minimum atomic E-state index is -0.257. The first kappa shape index (κ1) is 15.0. The zero-order chi connectivity index (χ0) is 14.9. The molecule has 1 aromatic rings. The zero-order valence-corrected chi connectivity index (χ0v) is 12.6. The molecule has 20 heavy (non-hydrogen) atoms. The van der Waals surface area contributed by atoms with Gasteiger partial charge in [-0.3, -0.25) is 10.1 Å². The number of hydrogen-bond acceptors (Lipinski definition) is 2. The summed E-state index contributed by atoms with van der Waals surface area (Å²) in [5, 5.41) is 3.30. The minimum absolute atomic E-state index is 0.118. The molecular formula is C16H23FN2O. The number of carbonyl (C=O) groups is 1. The monoisotopic (exact) mass is 278 g/mol. The first-order valence-electron chi connectivity index (χ1n) is 7.24. The third-order valence-corrected chi connectivity index (χ3v) is 3.78. The molecule has 1 N–H and O–H groups in total. The maximum atomic E-state index is 13.1. The Morgan fingerprint density at radius 1 is 1.25 bits per heavy atom. The summed E-state index contributed by atoms with van der Waals surface area (Å²) in [6.07, 6.45) is 0.796. The van der Waals surface area contributed by atoms with Gasteiger partial charge in [-0.2, -0.15) is 0 Å². The second-order valence-electron chi connectivity index (χ2n) is 6.07. The highest BCUT2D eigenvalue weighted by Gasteiger charge is 2.39. The highest BCUT2D eigenvalue weighted by Crippen LogP contribution is 2.29. The Morgan fingerprint density at radius 3 is 2.40 bits per heavy atom. The van der Waals surface area contributed by atoms with E-state index in [-0.39, 0.29) is 30.0 Å². The Labute approximate surface area is 120 Å². The molecule has 4 heteroatoms. The van der Waals surface area contributed by atoms with Gasteiger partial charge in [0.15, 0.2) is 0 Å². The zero-order valence-electron chi connectivity index (χ0n) is 12.6. The Bertz CT molecular complexity index is 472. The van der Waals surface area contributed by atoms with Crippen LogP contribution in [0.25, 0.3) is 0 Å². The molecule has 1 aliphatic rings. The summed E-state index contributed by atoms with van der Waals surface area (Å²) in [5.41, 5.74) is 0.930. The third-order valence-electron chi connectivity index (χ3n) is 3.78. The molecule has 1 aliphatic heterocycles. The quantitative estimate of drug-likeness (QED) is 0.918. The highest BCUT2D eigenvalue weighted by molar-refractivity contribution is 5.84. The van der Waals surface area contributed by atoms with Gasteiger partial charge in [0, 0.05) is 6.04 Å². The molecule has 1 saturated heterocycles. The number of nitrogens with zero attached hydrogens (tertiary/aromatic N) is 1. The summed E-state index contributed by atoms with van der Waals surface area (Å²) in [5.74, 6) is 0.392. The first-order chi connectivity index (χ1) is 9.40. The summed E-state index contributed by atoms with van der Waals surface area (Å²) in [4.78, 5) is 14.3. The van der Waals surface area contributed by atoms with Gasteiger partial charge in [0.1, 0.15) is 12.0 Å². The lowest BCUT2D eigenvalue weighted by molar-refractivity contribution is -0.132. The molecule has 0 radical (unpaired) electrons. The third kappa shape index (κ3) is 3.01. The molecule has 110 valence electrons. The topological polar surface area (TPSA) is 32.3 Å². The van der Waals surface area contributed by atoms with Gasteiger partial charge in [-0.15, -0.1) is 0 Å². The van der Waals surface area contributed by atoms with Crippen molar-refractivity contribution in [1.29, 1.82) is 0 Å². The van der Waals surface area contributed by atoms with E-state index in [0.29, 0.717) is 5.92 Å². The number of amides is 1. The Hall–Kier alpha value is -1.42. The molecule has 0 bridgehead atoms. The molecule has 3 unspecified atom stereocenters. The fourth-order valence-electron chi connectivity index (χ4n) is 2.91. The molecule has 1 amide bonds. The van der Waals surface area contributed by atoms with Gasteiger partial charge in [0.2, 0.25) is 5.91 Å². The van der Waals surface area contributed by atoms with Gasteiger partial charge in [-0.25, -0.2) is 4.39 Å². The number of hydrogen-bond donors (Lipinski definition) is 1. The summed E-state index contributed by atoms with van der Waals surface area (Å²) >= 11 is 0. The lowest BCUT2D eigenvalue weighted by Crippen LogP contribution is -2.39. The molecular weight excluding hydrogens is 255 g/mol. The molecule has 3 nitrogen and oxygen atoms in total.